The highest BCUT2D eigenvalue weighted by Crippen LogP contribution is 2.28. The predicted octanol–water partition coefficient (Wildman–Crippen LogP) is 3.12. The first-order valence-corrected chi connectivity index (χ1v) is 8.82. The van der Waals surface area contributed by atoms with E-state index in [2.05, 4.69) is 6.92 Å². The second-order valence-electron chi connectivity index (χ2n) is 5.32. The van der Waals surface area contributed by atoms with Crippen molar-refractivity contribution in [1.82, 2.24) is 4.31 Å². The van der Waals surface area contributed by atoms with Crippen molar-refractivity contribution in [2.24, 2.45) is 5.92 Å². The van der Waals surface area contributed by atoms with Crippen LogP contribution in [0.3, 0.4) is 0 Å². The minimum atomic E-state index is -3.44. The van der Waals surface area contributed by atoms with E-state index < -0.39 is 10.0 Å². The van der Waals surface area contributed by atoms with Crippen LogP contribution in [-0.4, -0.2) is 25.8 Å². The molecule has 112 valence electrons. The van der Waals surface area contributed by atoms with Crippen LogP contribution in [-0.2, 0) is 10.0 Å². The van der Waals surface area contributed by atoms with E-state index in [0.29, 0.717) is 29.7 Å². The Kier molecular flexibility index (Phi) is 4.94. The van der Waals surface area contributed by atoms with Crippen molar-refractivity contribution < 1.29 is 8.42 Å². The van der Waals surface area contributed by atoms with Crippen LogP contribution in [0, 0.1) is 5.92 Å². The van der Waals surface area contributed by atoms with Crippen molar-refractivity contribution in [2.75, 3.05) is 18.8 Å². The maximum atomic E-state index is 12.5. The quantitative estimate of drug-likeness (QED) is 0.868. The van der Waals surface area contributed by atoms with Gasteiger partial charge in [-0.15, -0.1) is 0 Å². The molecule has 0 amide bonds. The molecule has 0 bridgehead atoms. The molecule has 20 heavy (non-hydrogen) atoms. The van der Waals surface area contributed by atoms with Gasteiger partial charge in [0.2, 0.25) is 10.0 Å². The van der Waals surface area contributed by atoms with Crippen LogP contribution < -0.4 is 5.73 Å². The van der Waals surface area contributed by atoms with E-state index in [0.717, 1.165) is 19.3 Å². The molecule has 2 N–H and O–H groups in total. The number of nitrogen functional groups attached to an aromatic ring is 1. The first-order chi connectivity index (χ1) is 9.45. The van der Waals surface area contributed by atoms with E-state index in [1.165, 1.54) is 24.6 Å². The van der Waals surface area contributed by atoms with E-state index in [1.54, 1.807) is 4.31 Å². The molecule has 1 aromatic carbocycles. The lowest BCUT2D eigenvalue weighted by Crippen LogP contribution is -2.38. The summed E-state index contributed by atoms with van der Waals surface area (Å²) in [5.41, 5.74) is 5.99. The molecule has 6 heteroatoms. The molecular weight excluding hydrogens is 296 g/mol. The summed E-state index contributed by atoms with van der Waals surface area (Å²) in [5, 5.41) is 0.380. The number of hydrogen-bond acceptors (Lipinski definition) is 3. The summed E-state index contributed by atoms with van der Waals surface area (Å²) in [6, 6.07) is 4.50. The Morgan fingerprint density at radius 2 is 2.00 bits per heavy atom. The van der Waals surface area contributed by atoms with Crippen LogP contribution >= 0.6 is 11.6 Å². The van der Waals surface area contributed by atoms with Crippen LogP contribution in [0.4, 0.5) is 5.69 Å². The lowest BCUT2D eigenvalue weighted by Gasteiger charge is -2.31. The van der Waals surface area contributed by atoms with Gasteiger partial charge in [-0.1, -0.05) is 31.4 Å². The summed E-state index contributed by atoms with van der Waals surface area (Å²) in [6.45, 7) is 3.35. The second kappa shape index (κ2) is 6.33. The predicted molar refractivity (Wildman–Crippen MR) is 82.3 cm³/mol. The summed E-state index contributed by atoms with van der Waals surface area (Å²) >= 11 is 5.84. The Morgan fingerprint density at radius 3 is 2.55 bits per heavy atom. The van der Waals surface area contributed by atoms with E-state index >= 15 is 0 Å². The van der Waals surface area contributed by atoms with Crippen molar-refractivity contribution in [3.8, 4) is 0 Å². The van der Waals surface area contributed by atoms with E-state index in [9.17, 15) is 8.42 Å². The Morgan fingerprint density at radius 1 is 1.35 bits per heavy atom. The molecule has 0 aromatic heterocycles. The molecule has 0 saturated carbocycles. The van der Waals surface area contributed by atoms with Gasteiger partial charge in [-0.3, -0.25) is 0 Å². The number of anilines is 1. The number of nitrogens with two attached hydrogens (primary N) is 1. The number of halogens is 1. The maximum absolute atomic E-state index is 12.5. The van der Waals surface area contributed by atoms with Crippen LogP contribution in [0.2, 0.25) is 5.02 Å². The lowest BCUT2D eigenvalue weighted by atomic mass is 9.94. The van der Waals surface area contributed by atoms with Gasteiger partial charge in [-0.25, -0.2) is 8.42 Å². The molecule has 1 aromatic rings. The average Bonchev–Trinajstić information content (AvgIpc) is 2.43. The van der Waals surface area contributed by atoms with Gasteiger partial charge in [-0.2, -0.15) is 4.31 Å². The molecule has 1 aliphatic heterocycles. The van der Waals surface area contributed by atoms with E-state index in [1.807, 2.05) is 0 Å². The van der Waals surface area contributed by atoms with Crippen molar-refractivity contribution in [3.05, 3.63) is 23.2 Å². The molecule has 0 spiro atoms. The Balaban J connectivity index is 2.13. The van der Waals surface area contributed by atoms with Gasteiger partial charge in [0, 0.05) is 13.1 Å². The monoisotopic (exact) mass is 316 g/mol. The zero-order chi connectivity index (χ0) is 14.8. The third-order valence-corrected chi connectivity index (χ3v) is 6.11. The molecule has 2 rings (SSSR count). The molecular formula is C14H21ClN2O2S. The number of nitrogens with zero attached hydrogens (tertiary/aromatic N) is 1. The third kappa shape index (κ3) is 3.27. The fourth-order valence-corrected chi connectivity index (χ4v) is 4.30. The van der Waals surface area contributed by atoms with Crippen molar-refractivity contribution in [1.29, 1.82) is 0 Å². The number of sulfonamides is 1. The molecule has 4 nitrogen and oxygen atoms in total. The second-order valence-corrected chi connectivity index (χ2v) is 7.66. The van der Waals surface area contributed by atoms with Crippen LogP contribution in [0.25, 0.3) is 0 Å². The topological polar surface area (TPSA) is 63.4 Å². The molecule has 1 aliphatic rings. The average molecular weight is 317 g/mol. The number of benzene rings is 1. The lowest BCUT2D eigenvalue weighted by molar-refractivity contribution is 0.262. The largest absolute Gasteiger partial charge is 0.397 e. The van der Waals surface area contributed by atoms with Gasteiger partial charge in [0.05, 0.1) is 15.6 Å². The minimum absolute atomic E-state index is 0.230. The highest BCUT2D eigenvalue weighted by atomic mass is 35.5. The SMILES string of the molecule is CCCC1CCN(S(=O)(=O)c2ccc(Cl)c(N)c2)CC1. The Labute approximate surface area is 126 Å². The summed E-state index contributed by atoms with van der Waals surface area (Å²) < 4.78 is 26.6. The van der Waals surface area contributed by atoms with Crippen molar-refractivity contribution >= 4 is 27.3 Å². The molecule has 0 aliphatic carbocycles. The molecule has 0 unspecified atom stereocenters. The number of rotatable bonds is 4. The summed E-state index contributed by atoms with van der Waals surface area (Å²) in [7, 11) is -3.44. The van der Waals surface area contributed by atoms with Crippen molar-refractivity contribution in [2.45, 2.75) is 37.5 Å². The Hall–Kier alpha value is -0.780. The molecule has 0 radical (unpaired) electrons. The normalized spacial score (nSPS) is 18.3. The standard InChI is InChI=1S/C14H21ClN2O2S/c1-2-3-11-6-8-17(9-7-11)20(18,19)12-4-5-13(15)14(16)10-12/h4-5,10-11H,2-3,6-9,16H2,1H3. The van der Waals surface area contributed by atoms with Gasteiger partial charge < -0.3 is 5.73 Å². The first kappa shape index (κ1) is 15.6. The minimum Gasteiger partial charge on any atom is -0.397 e. The van der Waals surface area contributed by atoms with Gasteiger partial charge in [0.25, 0.3) is 0 Å². The van der Waals surface area contributed by atoms with Crippen molar-refractivity contribution in [3.63, 3.8) is 0 Å². The van der Waals surface area contributed by atoms with Crippen LogP contribution in [0.15, 0.2) is 23.1 Å². The summed E-state index contributed by atoms with van der Waals surface area (Å²) in [5.74, 6) is 0.654. The van der Waals surface area contributed by atoms with E-state index in [-0.39, 0.29) is 4.90 Å². The summed E-state index contributed by atoms with van der Waals surface area (Å²) in [6.07, 6.45) is 4.22. The van der Waals surface area contributed by atoms with E-state index in [4.69, 9.17) is 17.3 Å². The van der Waals surface area contributed by atoms with Gasteiger partial charge in [0.15, 0.2) is 0 Å². The fraction of sp³-hybridized carbons (Fsp3) is 0.571. The summed E-state index contributed by atoms with van der Waals surface area (Å²) in [4.78, 5) is 0.230. The smallest absolute Gasteiger partial charge is 0.243 e. The zero-order valence-corrected chi connectivity index (χ0v) is 13.3. The van der Waals surface area contributed by atoms with Gasteiger partial charge in [0.1, 0.15) is 0 Å². The third-order valence-electron chi connectivity index (χ3n) is 3.88. The van der Waals surface area contributed by atoms with Gasteiger partial charge >= 0.3 is 0 Å². The maximum Gasteiger partial charge on any atom is 0.243 e. The van der Waals surface area contributed by atoms with Crippen LogP contribution in [0.1, 0.15) is 32.6 Å². The molecule has 0 atom stereocenters. The van der Waals surface area contributed by atoms with Crippen LogP contribution in [0.5, 0.6) is 0 Å². The molecule has 1 saturated heterocycles. The molecule has 1 heterocycles. The number of piperidine rings is 1. The first-order valence-electron chi connectivity index (χ1n) is 7.00. The fourth-order valence-electron chi connectivity index (χ4n) is 2.68. The highest BCUT2D eigenvalue weighted by molar-refractivity contribution is 7.89. The molecule has 1 fully saturated rings. The number of hydrogen-bond donors (Lipinski definition) is 1. The highest BCUT2D eigenvalue weighted by Gasteiger charge is 2.29. The Bertz CT molecular complexity index is 567. The van der Waals surface area contributed by atoms with Gasteiger partial charge in [-0.05, 0) is 37.0 Å². The zero-order valence-electron chi connectivity index (χ0n) is 11.7.